The smallest absolute Gasteiger partial charge is 0.251 e. The van der Waals surface area contributed by atoms with Crippen molar-refractivity contribution in [2.24, 2.45) is 0 Å². The van der Waals surface area contributed by atoms with E-state index in [1.807, 2.05) is 56.3 Å². The highest BCUT2D eigenvalue weighted by atomic mass is 32.2. The molecule has 0 saturated heterocycles. The number of ether oxygens (including phenoxy) is 1. The molecule has 1 amide bonds. The molecule has 0 unspecified atom stereocenters. The third-order valence-corrected chi connectivity index (χ3v) is 7.06. The van der Waals surface area contributed by atoms with Gasteiger partial charge in [-0.25, -0.2) is 8.42 Å². The van der Waals surface area contributed by atoms with Crippen molar-refractivity contribution in [1.82, 2.24) is 5.32 Å². The summed E-state index contributed by atoms with van der Waals surface area (Å²) in [6, 6.07) is 20.5. The average Bonchev–Trinajstić information content (AvgIpc) is 2.82. The number of benzene rings is 3. The Kier molecular flexibility index (Phi) is 8.57. The van der Waals surface area contributed by atoms with Gasteiger partial charge < -0.3 is 10.1 Å². The van der Waals surface area contributed by atoms with Crippen LogP contribution in [0.2, 0.25) is 0 Å². The van der Waals surface area contributed by atoms with Gasteiger partial charge in [-0.3, -0.25) is 9.10 Å². The normalized spacial score (nSPS) is 11.4. The highest BCUT2D eigenvalue weighted by Gasteiger charge is 2.18. The van der Waals surface area contributed by atoms with E-state index in [2.05, 4.69) is 19.2 Å². The molecule has 0 radical (unpaired) electrons. The van der Waals surface area contributed by atoms with Crippen LogP contribution in [0.5, 0.6) is 5.75 Å². The lowest BCUT2D eigenvalue weighted by Gasteiger charge is -2.23. The summed E-state index contributed by atoms with van der Waals surface area (Å²) in [7, 11) is -3.48. The lowest BCUT2D eigenvalue weighted by molar-refractivity contribution is 0.0947. The van der Waals surface area contributed by atoms with Crippen molar-refractivity contribution < 1.29 is 17.9 Å². The molecule has 0 aromatic heterocycles. The minimum absolute atomic E-state index is 0.187. The number of sulfonamides is 1. The van der Waals surface area contributed by atoms with Crippen LogP contribution in [0.15, 0.2) is 66.7 Å². The highest BCUT2D eigenvalue weighted by Crippen LogP contribution is 2.24. The molecule has 0 fully saturated rings. The molecule has 0 heterocycles. The summed E-state index contributed by atoms with van der Waals surface area (Å²) in [5.74, 6) is 1.03. The Morgan fingerprint density at radius 1 is 0.943 bits per heavy atom. The maximum Gasteiger partial charge on any atom is 0.251 e. The van der Waals surface area contributed by atoms with Crippen LogP contribution in [-0.2, 0) is 16.6 Å². The minimum atomic E-state index is -3.48. The van der Waals surface area contributed by atoms with Gasteiger partial charge in [0.25, 0.3) is 5.91 Å². The van der Waals surface area contributed by atoms with Crippen molar-refractivity contribution in [1.29, 1.82) is 0 Å². The van der Waals surface area contributed by atoms with E-state index in [1.54, 1.807) is 24.3 Å². The zero-order valence-electron chi connectivity index (χ0n) is 21.0. The first-order valence-corrected chi connectivity index (χ1v) is 13.5. The van der Waals surface area contributed by atoms with Crippen molar-refractivity contribution in [2.45, 2.75) is 40.2 Å². The Morgan fingerprint density at radius 3 is 2.17 bits per heavy atom. The second-order valence-corrected chi connectivity index (χ2v) is 11.0. The van der Waals surface area contributed by atoms with Crippen LogP contribution in [0.1, 0.15) is 52.4 Å². The molecule has 3 aromatic rings. The number of nitrogens with zero attached hydrogens (tertiary/aromatic N) is 1. The monoisotopic (exact) mass is 494 g/mol. The molecular formula is C28H34N2O4S. The average molecular weight is 495 g/mol. The molecule has 0 aliphatic heterocycles. The molecule has 7 heteroatoms. The van der Waals surface area contributed by atoms with E-state index in [1.165, 1.54) is 16.1 Å². The zero-order chi connectivity index (χ0) is 25.6. The lowest BCUT2D eigenvalue weighted by Crippen LogP contribution is -2.29. The van der Waals surface area contributed by atoms with Gasteiger partial charge in [-0.2, -0.15) is 0 Å². The standard InChI is InChI=1S/C28H34N2O4S/c1-20(2)24-11-14-27(15-12-24)34-17-16-29-28(31)25-9-7-23(8-10-25)19-30(35(5,32)33)26-13-6-21(3)22(4)18-26/h6-15,18,20H,16-17,19H2,1-5H3,(H,29,31). The van der Waals surface area contributed by atoms with Gasteiger partial charge in [0, 0.05) is 5.56 Å². The van der Waals surface area contributed by atoms with Crippen LogP contribution in [0.4, 0.5) is 5.69 Å². The van der Waals surface area contributed by atoms with Gasteiger partial charge in [-0.05, 0) is 78.4 Å². The Balaban J connectivity index is 1.56. The van der Waals surface area contributed by atoms with E-state index < -0.39 is 10.0 Å². The van der Waals surface area contributed by atoms with Gasteiger partial charge in [0.1, 0.15) is 12.4 Å². The second-order valence-electron chi connectivity index (χ2n) is 9.06. The van der Waals surface area contributed by atoms with Gasteiger partial charge in [0.2, 0.25) is 10.0 Å². The molecule has 0 spiro atoms. The summed E-state index contributed by atoms with van der Waals surface area (Å²) in [5.41, 5.74) is 5.30. The number of rotatable bonds is 10. The van der Waals surface area contributed by atoms with E-state index in [-0.39, 0.29) is 12.5 Å². The van der Waals surface area contributed by atoms with E-state index >= 15 is 0 Å². The number of aryl methyl sites for hydroxylation is 2. The summed E-state index contributed by atoms with van der Waals surface area (Å²) >= 11 is 0. The van der Waals surface area contributed by atoms with Gasteiger partial charge in [-0.15, -0.1) is 0 Å². The second kappa shape index (κ2) is 11.4. The summed E-state index contributed by atoms with van der Waals surface area (Å²) in [6.45, 7) is 9.16. The molecule has 6 nitrogen and oxygen atoms in total. The molecule has 0 aliphatic rings. The SMILES string of the molecule is Cc1ccc(N(Cc2ccc(C(=O)NCCOc3ccc(C(C)C)cc3)cc2)S(C)(=O)=O)cc1C. The third kappa shape index (κ3) is 7.33. The Labute approximate surface area is 209 Å². The topological polar surface area (TPSA) is 75.7 Å². The fourth-order valence-corrected chi connectivity index (χ4v) is 4.47. The minimum Gasteiger partial charge on any atom is -0.492 e. The number of carbonyl (C=O) groups excluding carboxylic acids is 1. The number of anilines is 1. The van der Waals surface area contributed by atoms with Crippen LogP contribution < -0.4 is 14.4 Å². The number of hydrogen-bond acceptors (Lipinski definition) is 4. The molecule has 0 aliphatic carbocycles. The predicted octanol–water partition coefficient (Wildman–Crippen LogP) is 5.20. The molecular weight excluding hydrogens is 460 g/mol. The molecule has 0 atom stereocenters. The Bertz CT molecular complexity index is 1250. The lowest BCUT2D eigenvalue weighted by atomic mass is 10.0. The fourth-order valence-electron chi connectivity index (χ4n) is 3.59. The quantitative estimate of drug-likeness (QED) is 0.393. The van der Waals surface area contributed by atoms with Crippen LogP contribution in [0.3, 0.4) is 0 Å². The summed E-state index contributed by atoms with van der Waals surface area (Å²) in [4.78, 5) is 12.5. The Hall–Kier alpha value is -3.32. The molecule has 0 saturated carbocycles. The van der Waals surface area contributed by atoms with Gasteiger partial charge in [0.15, 0.2) is 0 Å². The van der Waals surface area contributed by atoms with E-state index in [0.717, 1.165) is 22.4 Å². The van der Waals surface area contributed by atoms with Crippen molar-refractivity contribution in [3.63, 3.8) is 0 Å². The van der Waals surface area contributed by atoms with E-state index in [0.29, 0.717) is 30.3 Å². The molecule has 35 heavy (non-hydrogen) atoms. The summed E-state index contributed by atoms with van der Waals surface area (Å²) in [5, 5.41) is 2.85. The van der Waals surface area contributed by atoms with Crippen molar-refractivity contribution in [3.8, 4) is 5.75 Å². The van der Waals surface area contributed by atoms with E-state index in [9.17, 15) is 13.2 Å². The number of hydrogen-bond donors (Lipinski definition) is 1. The van der Waals surface area contributed by atoms with Gasteiger partial charge in [-0.1, -0.05) is 44.2 Å². The highest BCUT2D eigenvalue weighted by molar-refractivity contribution is 7.92. The zero-order valence-corrected chi connectivity index (χ0v) is 21.9. The largest absolute Gasteiger partial charge is 0.492 e. The van der Waals surface area contributed by atoms with Crippen molar-refractivity contribution in [2.75, 3.05) is 23.7 Å². The first-order valence-electron chi connectivity index (χ1n) is 11.7. The first-order chi connectivity index (χ1) is 16.5. The van der Waals surface area contributed by atoms with Gasteiger partial charge in [0.05, 0.1) is 25.0 Å². The summed E-state index contributed by atoms with van der Waals surface area (Å²) in [6.07, 6.45) is 1.20. The van der Waals surface area contributed by atoms with Crippen LogP contribution >= 0.6 is 0 Å². The predicted molar refractivity (Wildman–Crippen MR) is 142 cm³/mol. The number of carbonyl (C=O) groups is 1. The van der Waals surface area contributed by atoms with E-state index in [4.69, 9.17) is 4.74 Å². The maximum absolute atomic E-state index is 12.5. The Morgan fingerprint density at radius 2 is 1.60 bits per heavy atom. The van der Waals surface area contributed by atoms with Crippen molar-refractivity contribution >= 4 is 21.6 Å². The third-order valence-electron chi connectivity index (χ3n) is 5.92. The fraction of sp³-hybridized carbons (Fsp3) is 0.321. The summed E-state index contributed by atoms with van der Waals surface area (Å²) < 4.78 is 32.0. The number of nitrogens with one attached hydrogen (secondary N) is 1. The molecule has 3 aromatic carbocycles. The molecule has 1 N–H and O–H groups in total. The molecule has 0 bridgehead atoms. The van der Waals surface area contributed by atoms with Crippen LogP contribution in [0.25, 0.3) is 0 Å². The maximum atomic E-state index is 12.5. The van der Waals surface area contributed by atoms with Crippen LogP contribution in [-0.4, -0.2) is 33.7 Å². The first kappa shape index (κ1) is 26.3. The van der Waals surface area contributed by atoms with Gasteiger partial charge >= 0.3 is 0 Å². The van der Waals surface area contributed by atoms with Crippen molar-refractivity contribution in [3.05, 3.63) is 94.5 Å². The number of amides is 1. The molecule has 186 valence electrons. The van der Waals surface area contributed by atoms with Crippen LogP contribution in [0, 0.1) is 13.8 Å². The molecule has 3 rings (SSSR count).